The first-order valence-electron chi connectivity index (χ1n) is 9.21. The molecule has 1 heterocycles. The predicted octanol–water partition coefficient (Wildman–Crippen LogP) is 2.47. The molecule has 1 aromatic carbocycles. The number of nitrogens with one attached hydrogen (secondary N) is 2. The first-order valence-corrected chi connectivity index (χ1v) is 10.6. The van der Waals surface area contributed by atoms with Gasteiger partial charge in [-0.2, -0.15) is 11.8 Å². The number of hydrogen-bond donors (Lipinski definition) is 2. The van der Waals surface area contributed by atoms with Crippen LogP contribution in [0.15, 0.2) is 29.3 Å². The average molecular weight is 491 g/mol. The summed E-state index contributed by atoms with van der Waals surface area (Å²) in [6.45, 7) is 11.0. The van der Waals surface area contributed by atoms with Crippen LogP contribution in [0.2, 0.25) is 0 Å². The Hall–Kier alpha value is -0.510. The second-order valence-electron chi connectivity index (χ2n) is 6.37. The summed E-state index contributed by atoms with van der Waals surface area (Å²) < 4.78 is 0. The van der Waals surface area contributed by atoms with Crippen LogP contribution in [0.1, 0.15) is 18.1 Å². The van der Waals surface area contributed by atoms with Crippen molar-refractivity contribution in [3.8, 4) is 0 Å². The fourth-order valence-electron chi connectivity index (χ4n) is 2.96. The van der Waals surface area contributed by atoms with Crippen LogP contribution in [-0.2, 0) is 13.1 Å². The molecule has 2 N–H and O–H groups in total. The van der Waals surface area contributed by atoms with E-state index in [1.807, 2.05) is 18.8 Å². The van der Waals surface area contributed by atoms with E-state index in [-0.39, 0.29) is 24.0 Å². The molecular formula is C19H34IN5S. The van der Waals surface area contributed by atoms with Crippen LogP contribution in [0.5, 0.6) is 0 Å². The van der Waals surface area contributed by atoms with Crippen molar-refractivity contribution in [2.75, 3.05) is 58.3 Å². The van der Waals surface area contributed by atoms with Gasteiger partial charge in [0.1, 0.15) is 0 Å². The van der Waals surface area contributed by atoms with Crippen molar-refractivity contribution in [1.29, 1.82) is 0 Å². The molecule has 5 nitrogen and oxygen atoms in total. The summed E-state index contributed by atoms with van der Waals surface area (Å²) in [6.07, 6.45) is 2.11. The molecule has 1 fully saturated rings. The first kappa shape index (κ1) is 23.5. The highest BCUT2D eigenvalue weighted by molar-refractivity contribution is 14.0. The Kier molecular flexibility index (Phi) is 12.3. The molecule has 26 heavy (non-hydrogen) atoms. The van der Waals surface area contributed by atoms with Gasteiger partial charge in [0.2, 0.25) is 0 Å². The molecule has 2 rings (SSSR count). The molecule has 7 heteroatoms. The number of benzene rings is 1. The number of nitrogens with zero attached hydrogens (tertiary/aromatic N) is 3. The van der Waals surface area contributed by atoms with Crippen LogP contribution < -0.4 is 10.6 Å². The van der Waals surface area contributed by atoms with E-state index in [0.29, 0.717) is 0 Å². The van der Waals surface area contributed by atoms with Crippen LogP contribution in [0.3, 0.4) is 0 Å². The van der Waals surface area contributed by atoms with E-state index in [9.17, 15) is 0 Å². The Morgan fingerprint density at radius 2 is 1.65 bits per heavy atom. The van der Waals surface area contributed by atoms with Crippen molar-refractivity contribution in [2.24, 2.45) is 4.99 Å². The van der Waals surface area contributed by atoms with Gasteiger partial charge in [-0.25, -0.2) is 0 Å². The van der Waals surface area contributed by atoms with Gasteiger partial charge in [0.15, 0.2) is 5.96 Å². The molecule has 0 radical (unpaired) electrons. The van der Waals surface area contributed by atoms with E-state index in [1.54, 1.807) is 0 Å². The second kappa shape index (κ2) is 13.6. The van der Waals surface area contributed by atoms with E-state index in [0.717, 1.165) is 31.3 Å². The first-order chi connectivity index (χ1) is 12.2. The van der Waals surface area contributed by atoms with Gasteiger partial charge >= 0.3 is 0 Å². The number of rotatable bonds is 8. The van der Waals surface area contributed by atoms with Crippen LogP contribution in [0.4, 0.5) is 0 Å². The number of guanidine groups is 1. The minimum absolute atomic E-state index is 0. The number of thioether (sulfide) groups is 1. The molecule has 1 aliphatic heterocycles. The lowest BCUT2D eigenvalue weighted by atomic mass is 10.1. The minimum Gasteiger partial charge on any atom is -0.356 e. The lowest BCUT2D eigenvalue weighted by molar-refractivity contribution is 0.132. The van der Waals surface area contributed by atoms with Crippen LogP contribution >= 0.6 is 35.7 Å². The number of halogens is 1. The molecule has 0 saturated carbocycles. The van der Waals surface area contributed by atoms with Gasteiger partial charge in [0, 0.05) is 58.6 Å². The molecule has 0 bridgehead atoms. The van der Waals surface area contributed by atoms with E-state index >= 15 is 0 Å². The highest BCUT2D eigenvalue weighted by Gasteiger charge is 2.15. The summed E-state index contributed by atoms with van der Waals surface area (Å²) in [6, 6.07) is 8.96. The van der Waals surface area contributed by atoms with Crippen molar-refractivity contribution in [3.63, 3.8) is 0 Å². The summed E-state index contributed by atoms with van der Waals surface area (Å²) in [5.41, 5.74) is 2.68. The largest absolute Gasteiger partial charge is 0.356 e. The summed E-state index contributed by atoms with van der Waals surface area (Å²) in [4.78, 5) is 9.33. The van der Waals surface area contributed by atoms with Gasteiger partial charge in [-0.1, -0.05) is 31.2 Å². The Bertz CT molecular complexity index is 515. The highest BCUT2D eigenvalue weighted by atomic mass is 127. The van der Waals surface area contributed by atoms with Crippen molar-refractivity contribution in [3.05, 3.63) is 35.4 Å². The summed E-state index contributed by atoms with van der Waals surface area (Å²) in [7, 11) is 1.82. The Morgan fingerprint density at radius 1 is 1.04 bits per heavy atom. The van der Waals surface area contributed by atoms with Crippen LogP contribution in [0.25, 0.3) is 0 Å². The Morgan fingerprint density at radius 3 is 2.23 bits per heavy atom. The van der Waals surface area contributed by atoms with Crippen LogP contribution in [0, 0.1) is 0 Å². The van der Waals surface area contributed by atoms with Gasteiger partial charge < -0.3 is 15.5 Å². The van der Waals surface area contributed by atoms with Crippen molar-refractivity contribution in [1.82, 2.24) is 20.4 Å². The zero-order valence-electron chi connectivity index (χ0n) is 16.3. The molecule has 1 aromatic rings. The van der Waals surface area contributed by atoms with Gasteiger partial charge in [-0.15, -0.1) is 24.0 Å². The average Bonchev–Trinajstić information content (AvgIpc) is 2.66. The predicted molar refractivity (Wildman–Crippen MR) is 126 cm³/mol. The van der Waals surface area contributed by atoms with E-state index in [2.05, 4.69) is 62.9 Å². The van der Waals surface area contributed by atoms with E-state index in [4.69, 9.17) is 0 Å². The molecule has 0 aromatic heterocycles. The maximum Gasteiger partial charge on any atom is 0.191 e. The zero-order chi connectivity index (χ0) is 17.9. The standard InChI is InChI=1S/C19H33N5S.HI/c1-4-23-10-12-24(13-11-23)16-18-7-5-17(6-8-18)15-22-19(20-2)21-9-14-25-3;/h5-8H,4,9-16H2,1-3H3,(H2,20,21,22);1H. The fraction of sp³-hybridized carbons (Fsp3) is 0.632. The third-order valence-electron chi connectivity index (χ3n) is 4.62. The topological polar surface area (TPSA) is 42.9 Å². The van der Waals surface area contributed by atoms with Crippen molar-refractivity contribution < 1.29 is 0 Å². The van der Waals surface area contributed by atoms with Crippen molar-refractivity contribution in [2.45, 2.75) is 20.0 Å². The second-order valence-corrected chi connectivity index (χ2v) is 7.36. The lowest BCUT2D eigenvalue weighted by Crippen LogP contribution is -2.45. The lowest BCUT2D eigenvalue weighted by Gasteiger charge is -2.34. The van der Waals surface area contributed by atoms with E-state index in [1.165, 1.54) is 43.9 Å². The fourth-order valence-corrected chi connectivity index (χ4v) is 3.27. The maximum atomic E-state index is 4.26. The number of piperazine rings is 1. The number of hydrogen-bond acceptors (Lipinski definition) is 4. The third kappa shape index (κ3) is 8.45. The molecule has 0 unspecified atom stereocenters. The van der Waals surface area contributed by atoms with E-state index < -0.39 is 0 Å². The smallest absolute Gasteiger partial charge is 0.191 e. The van der Waals surface area contributed by atoms with Crippen LogP contribution in [-0.4, -0.2) is 74.1 Å². The Balaban J connectivity index is 0.00000338. The summed E-state index contributed by atoms with van der Waals surface area (Å²) in [5, 5.41) is 6.69. The molecule has 0 amide bonds. The molecular weight excluding hydrogens is 457 g/mol. The summed E-state index contributed by atoms with van der Waals surface area (Å²) >= 11 is 1.83. The monoisotopic (exact) mass is 491 g/mol. The number of aliphatic imine (C=N–C) groups is 1. The highest BCUT2D eigenvalue weighted by Crippen LogP contribution is 2.10. The molecule has 0 atom stereocenters. The normalized spacial score (nSPS) is 16.2. The number of likely N-dealkylation sites (N-methyl/N-ethyl adjacent to an activating group) is 1. The van der Waals surface area contributed by atoms with Gasteiger partial charge in [0.05, 0.1) is 0 Å². The van der Waals surface area contributed by atoms with Gasteiger partial charge in [0.25, 0.3) is 0 Å². The van der Waals surface area contributed by atoms with Gasteiger partial charge in [-0.05, 0) is 23.9 Å². The molecule has 148 valence electrons. The SMILES string of the molecule is CCN1CCN(Cc2ccc(CNC(=NC)NCCSC)cc2)CC1.I. The minimum atomic E-state index is 0. The molecule has 0 spiro atoms. The molecule has 0 aliphatic carbocycles. The maximum absolute atomic E-state index is 4.26. The van der Waals surface area contributed by atoms with Crippen molar-refractivity contribution >= 4 is 41.7 Å². The third-order valence-corrected chi connectivity index (χ3v) is 5.24. The quantitative estimate of drug-likeness (QED) is 0.253. The zero-order valence-corrected chi connectivity index (χ0v) is 19.5. The molecule has 1 aliphatic rings. The Labute approximate surface area is 180 Å². The van der Waals surface area contributed by atoms with Gasteiger partial charge in [-0.3, -0.25) is 9.89 Å². The molecule has 1 saturated heterocycles. The summed E-state index contributed by atoms with van der Waals surface area (Å²) in [5.74, 6) is 1.95.